The molecule has 0 fully saturated rings. The van der Waals surface area contributed by atoms with Gasteiger partial charge in [-0.05, 0) is 66.0 Å². The van der Waals surface area contributed by atoms with E-state index in [-0.39, 0.29) is 121 Å². The normalized spacial score (nSPS) is 12.1. The Morgan fingerprint density at radius 2 is 1.42 bits per heavy atom. The van der Waals surface area contributed by atoms with E-state index in [1.165, 1.54) is 36.4 Å². The molecule has 4 rings (SSSR count). The molecule has 0 aromatic heterocycles. The number of carbonyl (C=O) groups excluding carboxylic acids is 1. The summed E-state index contributed by atoms with van der Waals surface area (Å²) < 4.78 is 130. The van der Waals surface area contributed by atoms with E-state index in [0.29, 0.717) is 18.2 Å². The van der Waals surface area contributed by atoms with Crippen LogP contribution in [0, 0.1) is 0 Å². The number of carbonyl (C=O) groups is 1. The predicted molar refractivity (Wildman–Crippen MR) is 159 cm³/mol. The van der Waals surface area contributed by atoms with Gasteiger partial charge in [0.15, 0.2) is 9.84 Å². The molecule has 0 spiro atoms. The minimum Gasteiger partial charge on any atom is -0.744 e. The summed E-state index contributed by atoms with van der Waals surface area (Å²) in [6.07, 6.45) is 0. The first-order chi connectivity index (χ1) is 21.7. The fraction of sp³-hybridized carbons (Fsp3) is 0.0800. The van der Waals surface area contributed by atoms with Gasteiger partial charge in [0.1, 0.15) is 31.7 Å². The van der Waals surface area contributed by atoms with Gasteiger partial charge < -0.3 is 29.8 Å². The van der Waals surface area contributed by atoms with E-state index >= 15 is 0 Å². The Hall–Kier alpha value is -1.55. The van der Waals surface area contributed by atoms with Crippen molar-refractivity contribution in [3.8, 4) is 5.75 Å². The number of nitrogens with zero attached hydrogens (tertiary/aromatic N) is 2. The third-order valence-electron chi connectivity index (χ3n) is 6.15. The van der Waals surface area contributed by atoms with Gasteiger partial charge in [0.2, 0.25) is 10.4 Å². The topological polar surface area (TPSA) is 315 Å². The second-order valence-corrected chi connectivity index (χ2v) is 15.3. The number of amides is 1. The summed E-state index contributed by atoms with van der Waals surface area (Å²) >= 11 is 0. The minimum absolute atomic E-state index is 0. The van der Waals surface area contributed by atoms with E-state index in [9.17, 15) is 57.2 Å². The molecular weight excluding hydrogens is 778 g/mol. The van der Waals surface area contributed by atoms with Crippen LogP contribution in [-0.2, 0) is 44.7 Å². The van der Waals surface area contributed by atoms with Gasteiger partial charge in [-0.25, -0.2) is 33.7 Å². The zero-order chi connectivity index (χ0) is 34.9. The summed E-state index contributed by atoms with van der Waals surface area (Å²) in [7, 11) is -19.5. The number of benzene rings is 4. The quantitative estimate of drug-likeness (QED) is 0.0418. The Bertz CT molecular complexity index is 2390. The van der Waals surface area contributed by atoms with Crippen LogP contribution in [0.3, 0.4) is 0 Å². The monoisotopic (exact) mass is 796 g/mol. The Morgan fingerprint density at radius 1 is 0.800 bits per heavy atom. The zero-order valence-corrected chi connectivity index (χ0v) is 35.4. The zero-order valence-electron chi connectivity index (χ0n) is 26.1. The molecule has 0 aliphatic heterocycles. The number of hydrogen-bond acceptors (Lipinski definition) is 17. The van der Waals surface area contributed by atoms with Crippen LogP contribution >= 0.6 is 0 Å². The SMILES string of the molecule is Nc1c(S(=O)(=O)[O-])cc2cc(S(=O)(=O)[O-])cc(O)c2c1N=Nc1cccc(C(=O)Nc2ccc(S(=O)(=O)CCOS(=O)(=O)[O-])cc2)c1.[Na+].[Na+].[Na+]. The van der Waals surface area contributed by atoms with Crippen molar-refractivity contribution in [2.45, 2.75) is 14.7 Å². The molecule has 0 aliphatic rings. The molecule has 0 radical (unpaired) electrons. The fourth-order valence-electron chi connectivity index (χ4n) is 4.05. The van der Waals surface area contributed by atoms with E-state index in [1.54, 1.807) is 0 Å². The van der Waals surface area contributed by atoms with Crippen LogP contribution in [0.25, 0.3) is 10.8 Å². The third kappa shape index (κ3) is 12.0. The summed E-state index contributed by atoms with van der Waals surface area (Å²) in [5.41, 5.74) is 4.68. The van der Waals surface area contributed by atoms with Gasteiger partial charge in [0, 0.05) is 11.3 Å². The van der Waals surface area contributed by atoms with Gasteiger partial charge >= 0.3 is 88.7 Å². The molecule has 4 aromatic rings. The number of nitrogens with two attached hydrogens (primary N) is 1. The molecule has 0 saturated heterocycles. The number of anilines is 2. The molecule has 1 amide bonds. The number of nitrogens with one attached hydrogen (secondary N) is 1. The number of fused-ring (bicyclic) bond motifs is 1. The third-order valence-corrected chi connectivity index (χ3v) is 9.99. The maximum absolute atomic E-state index is 12.9. The van der Waals surface area contributed by atoms with Gasteiger partial charge in [0.05, 0.1) is 43.8 Å². The maximum Gasteiger partial charge on any atom is 1.00 e. The van der Waals surface area contributed by atoms with E-state index in [0.717, 1.165) is 12.1 Å². The average molecular weight is 797 g/mol. The number of phenolic OH excluding ortho intramolecular Hbond substituents is 1. The molecule has 0 unspecified atom stereocenters. The summed E-state index contributed by atoms with van der Waals surface area (Å²) in [6, 6.07) is 12.0. The van der Waals surface area contributed by atoms with Crippen LogP contribution in [-0.4, -0.2) is 70.7 Å². The van der Waals surface area contributed by atoms with E-state index < -0.39 is 85.7 Å². The molecule has 4 aromatic carbocycles. The van der Waals surface area contributed by atoms with Gasteiger partial charge in [0.25, 0.3) is 5.91 Å². The summed E-state index contributed by atoms with van der Waals surface area (Å²) in [5, 5.41) is 20.0. The molecule has 4 N–H and O–H groups in total. The molecule has 18 nitrogen and oxygen atoms in total. The first-order valence-electron chi connectivity index (χ1n) is 12.4. The van der Waals surface area contributed by atoms with Crippen LogP contribution in [0.2, 0.25) is 0 Å². The van der Waals surface area contributed by atoms with Crippen LogP contribution < -0.4 is 99.7 Å². The van der Waals surface area contributed by atoms with E-state index in [4.69, 9.17) is 5.73 Å². The van der Waals surface area contributed by atoms with Crippen molar-refractivity contribution in [3.63, 3.8) is 0 Å². The molecule has 25 heteroatoms. The molecular formula is C25H19N4Na3O14S4. The van der Waals surface area contributed by atoms with Gasteiger partial charge in [-0.3, -0.25) is 8.98 Å². The van der Waals surface area contributed by atoms with Gasteiger partial charge in [-0.2, -0.15) is 5.11 Å². The number of hydrogen-bond donors (Lipinski definition) is 3. The van der Waals surface area contributed by atoms with Gasteiger partial charge in [-0.1, -0.05) is 6.07 Å². The van der Waals surface area contributed by atoms with Crippen LogP contribution in [0.5, 0.6) is 5.75 Å². The van der Waals surface area contributed by atoms with E-state index in [1.807, 2.05) is 0 Å². The van der Waals surface area contributed by atoms with Crippen molar-refractivity contribution in [2.24, 2.45) is 10.2 Å². The average Bonchev–Trinajstić information content (AvgIpc) is 2.95. The van der Waals surface area contributed by atoms with Crippen LogP contribution in [0.1, 0.15) is 10.4 Å². The number of azo groups is 1. The van der Waals surface area contributed by atoms with Crippen molar-refractivity contribution < 1.29 is 150 Å². The maximum atomic E-state index is 12.9. The minimum atomic E-state index is -5.27. The van der Waals surface area contributed by atoms with Crippen molar-refractivity contribution in [1.82, 2.24) is 0 Å². The van der Waals surface area contributed by atoms with Gasteiger partial charge in [-0.15, -0.1) is 5.11 Å². The Labute approximate surface area is 352 Å². The first kappa shape index (κ1) is 46.5. The van der Waals surface area contributed by atoms with Crippen molar-refractivity contribution in [1.29, 1.82) is 0 Å². The van der Waals surface area contributed by atoms with Crippen molar-refractivity contribution in [2.75, 3.05) is 23.4 Å². The molecule has 0 saturated carbocycles. The number of sulfone groups is 1. The van der Waals surface area contributed by atoms with Crippen molar-refractivity contribution in [3.05, 3.63) is 72.3 Å². The Morgan fingerprint density at radius 3 is 1.98 bits per heavy atom. The Kier molecular flexibility index (Phi) is 16.7. The number of phenols is 1. The van der Waals surface area contributed by atoms with E-state index in [2.05, 4.69) is 19.7 Å². The molecule has 0 bridgehead atoms. The predicted octanol–water partition coefficient (Wildman–Crippen LogP) is -7.13. The van der Waals surface area contributed by atoms with Crippen LogP contribution in [0.15, 0.2) is 91.6 Å². The largest absolute Gasteiger partial charge is 1.00 e. The molecule has 50 heavy (non-hydrogen) atoms. The Balaban J connectivity index is 0.00000417. The smallest absolute Gasteiger partial charge is 0.744 e. The molecule has 0 aliphatic carbocycles. The molecule has 0 heterocycles. The van der Waals surface area contributed by atoms with Crippen molar-refractivity contribution >= 4 is 79.9 Å². The second kappa shape index (κ2) is 18.0. The standard InChI is InChI=1S/C25H22N4O14S4.3Na/c26-23-21(46(37,38)39)12-15-11-19(45(34,35)36)13-20(30)22(15)24(23)29-28-17-3-1-2-14(10-17)25(31)27-16-4-6-18(7-5-16)44(32,33)9-8-43-47(40,41)42;;;/h1-7,10-13,30H,8-9,26H2,(H,27,31)(H,34,35,36)(H,37,38,39)(H,40,41,42);;;/q;3*+1/p-3. The first-order valence-corrected chi connectivity index (χ1v) is 18.2. The summed E-state index contributed by atoms with van der Waals surface area (Å²) in [5.74, 6) is -2.36. The number of rotatable bonds is 11. The summed E-state index contributed by atoms with van der Waals surface area (Å²) in [6.45, 7) is -0.889. The van der Waals surface area contributed by atoms with Crippen LogP contribution in [0.4, 0.5) is 22.7 Å². The number of nitrogen functional groups attached to an aromatic ring is 1. The fourth-order valence-corrected chi connectivity index (χ4v) is 6.70. The number of aromatic hydroxyl groups is 1. The molecule has 0 atom stereocenters. The second-order valence-electron chi connectivity index (χ2n) is 9.36. The molecule has 250 valence electrons. The summed E-state index contributed by atoms with van der Waals surface area (Å²) in [4.78, 5) is 10.7.